The first-order valence-corrected chi connectivity index (χ1v) is 9.05. The molecule has 0 aliphatic carbocycles. The van der Waals surface area contributed by atoms with Crippen molar-refractivity contribution in [1.29, 1.82) is 0 Å². The highest BCUT2D eigenvalue weighted by Crippen LogP contribution is 2.16. The molecule has 0 spiro atoms. The summed E-state index contributed by atoms with van der Waals surface area (Å²) in [5.74, 6) is 1.00. The summed E-state index contributed by atoms with van der Waals surface area (Å²) in [4.78, 5) is 14.3. The Bertz CT molecular complexity index is 515. The van der Waals surface area contributed by atoms with Gasteiger partial charge in [0.1, 0.15) is 5.75 Å². The first-order chi connectivity index (χ1) is 12.0. The highest BCUT2D eigenvalue weighted by molar-refractivity contribution is 5.76. The maximum Gasteiger partial charge on any atom is 0.387 e. The van der Waals surface area contributed by atoms with Gasteiger partial charge in [0.05, 0.1) is 0 Å². The van der Waals surface area contributed by atoms with E-state index in [1.807, 2.05) is 0 Å². The Kier molecular flexibility index (Phi) is 8.12. The van der Waals surface area contributed by atoms with Crippen LogP contribution in [0.4, 0.5) is 8.78 Å². The minimum atomic E-state index is -2.81. The van der Waals surface area contributed by atoms with Gasteiger partial charge in [0, 0.05) is 13.0 Å². The van der Waals surface area contributed by atoms with Crippen LogP contribution in [0.5, 0.6) is 5.75 Å². The van der Waals surface area contributed by atoms with Crippen LogP contribution in [0.3, 0.4) is 0 Å². The van der Waals surface area contributed by atoms with E-state index in [1.165, 1.54) is 38.1 Å². The van der Waals surface area contributed by atoms with Gasteiger partial charge in [-0.3, -0.25) is 4.79 Å². The highest BCUT2D eigenvalue weighted by Gasteiger charge is 2.14. The zero-order valence-electron chi connectivity index (χ0n) is 14.8. The normalized spacial score (nSPS) is 16.2. The largest absolute Gasteiger partial charge is 0.435 e. The molecule has 0 saturated carbocycles. The summed E-state index contributed by atoms with van der Waals surface area (Å²) in [6.45, 7) is 3.56. The minimum absolute atomic E-state index is 0.0279. The molecule has 1 aromatic rings. The molecule has 2 rings (SSSR count). The first kappa shape index (κ1) is 19.6. The van der Waals surface area contributed by atoms with Crippen molar-refractivity contribution in [1.82, 2.24) is 10.2 Å². The number of carbonyl (C=O) groups excluding carboxylic acids is 1. The third kappa shape index (κ3) is 7.82. The monoisotopic (exact) mass is 354 g/mol. The van der Waals surface area contributed by atoms with Crippen LogP contribution in [0.2, 0.25) is 0 Å². The molecule has 0 bridgehead atoms. The number of likely N-dealkylation sites (tertiary alicyclic amines) is 1. The molecule has 1 fully saturated rings. The molecule has 1 amide bonds. The topological polar surface area (TPSA) is 41.6 Å². The number of nitrogens with one attached hydrogen (secondary N) is 1. The van der Waals surface area contributed by atoms with Gasteiger partial charge in [-0.2, -0.15) is 8.78 Å². The Hall–Kier alpha value is -1.69. The second-order valence-electron chi connectivity index (χ2n) is 6.75. The molecular formula is C19H28F2N2O2. The van der Waals surface area contributed by atoms with E-state index in [-0.39, 0.29) is 11.7 Å². The van der Waals surface area contributed by atoms with E-state index in [4.69, 9.17) is 0 Å². The van der Waals surface area contributed by atoms with E-state index in [0.717, 1.165) is 24.4 Å². The molecule has 1 heterocycles. The number of aryl methyl sites for hydroxylation is 1. The molecule has 1 saturated heterocycles. The van der Waals surface area contributed by atoms with Gasteiger partial charge in [-0.05, 0) is 68.9 Å². The third-order valence-electron chi connectivity index (χ3n) is 4.64. The lowest BCUT2D eigenvalue weighted by Gasteiger charge is -2.30. The van der Waals surface area contributed by atoms with Crippen molar-refractivity contribution < 1.29 is 18.3 Å². The molecule has 6 heteroatoms. The predicted octanol–water partition coefficient (Wildman–Crippen LogP) is 3.46. The summed E-state index contributed by atoms with van der Waals surface area (Å²) in [6.07, 6.45) is 4.50. The van der Waals surface area contributed by atoms with Gasteiger partial charge in [0.25, 0.3) is 0 Å². The average Bonchev–Trinajstić information content (AvgIpc) is 2.59. The molecule has 140 valence electrons. The van der Waals surface area contributed by atoms with Crippen LogP contribution < -0.4 is 10.1 Å². The third-order valence-corrected chi connectivity index (χ3v) is 4.64. The zero-order valence-corrected chi connectivity index (χ0v) is 14.8. The maximum atomic E-state index is 12.1. The number of ether oxygens (including phenoxy) is 1. The second kappa shape index (κ2) is 10.3. The molecule has 0 aromatic heterocycles. The van der Waals surface area contributed by atoms with Gasteiger partial charge in [-0.15, -0.1) is 0 Å². The molecule has 1 N–H and O–H groups in total. The van der Waals surface area contributed by atoms with Crippen molar-refractivity contribution in [2.45, 2.75) is 45.6 Å². The molecule has 1 aliphatic rings. The summed E-state index contributed by atoms with van der Waals surface area (Å²) in [5.41, 5.74) is 0.930. The van der Waals surface area contributed by atoms with Gasteiger partial charge in [-0.25, -0.2) is 0 Å². The lowest BCUT2D eigenvalue weighted by molar-refractivity contribution is -0.121. The fourth-order valence-electron chi connectivity index (χ4n) is 3.00. The van der Waals surface area contributed by atoms with Crippen molar-refractivity contribution in [3.05, 3.63) is 29.8 Å². The van der Waals surface area contributed by atoms with E-state index in [0.29, 0.717) is 19.4 Å². The number of rotatable bonds is 9. The van der Waals surface area contributed by atoms with E-state index in [9.17, 15) is 13.6 Å². The van der Waals surface area contributed by atoms with Crippen molar-refractivity contribution in [2.75, 3.05) is 26.2 Å². The maximum absolute atomic E-state index is 12.1. The number of hydrogen-bond donors (Lipinski definition) is 1. The van der Waals surface area contributed by atoms with Crippen molar-refractivity contribution in [3.8, 4) is 5.75 Å². The van der Waals surface area contributed by atoms with Crippen molar-refractivity contribution in [2.24, 2.45) is 5.92 Å². The Morgan fingerprint density at radius 3 is 2.60 bits per heavy atom. The number of alkyl halides is 2. The number of hydrogen-bond acceptors (Lipinski definition) is 3. The number of piperidine rings is 1. The van der Waals surface area contributed by atoms with Gasteiger partial charge in [0.2, 0.25) is 5.91 Å². The molecule has 1 aliphatic heterocycles. The Morgan fingerprint density at radius 2 is 1.96 bits per heavy atom. The number of carbonyl (C=O) groups is 1. The summed E-state index contributed by atoms with van der Waals surface area (Å²) in [6, 6.07) is 6.42. The Balaban J connectivity index is 1.56. The second-order valence-corrected chi connectivity index (χ2v) is 6.75. The standard InChI is InChI=1S/C19H28F2N2O2/c1-15-9-13-23(14-10-15)12-2-11-22-18(24)8-5-16-3-6-17(7-4-16)25-19(20)21/h3-4,6-7,15,19H,2,5,8-14H2,1H3,(H,22,24). The van der Waals surface area contributed by atoms with Gasteiger partial charge < -0.3 is 15.0 Å². The first-order valence-electron chi connectivity index (χ1n) is 9.05. The highest BCUT2D eigenvalue weighted by atomic mass is 19.3. The Labute approximate surface area is 148 Å². The minimum Gasteiger partial charge on any atom is -0.435 e. The average molecular weight is 354 g/mol. The van der Waals surface area contributed by atoms with Crippen LogP contribution in [-0.4, -0.2) is 43.6 Å². The molecule has 4 nitrogen and oxygen atoms in total. The van der Waals surface area contributed by atoms with Crippen LogP contribution in [0.15, 0.2) is 24.3 Å². The van der Waals surface area contributed by atoms with Crippen molar-refractivity contribution in [3.63, 3.8) is 0 Å². The zero-order chi connectivity index (χ0) is 18.1. The fourth-order valence-corrected chi connectivity index (χ4v) is 3.00. The van der Waals surface area contributed by atoms with E-state index >= 15 is 0 Å². The lowest BCUT2D eigenvalue weighted by Crippen LogP contribution is -2.35. The molecule has 0 radical (unpaired) electrons. The van der Waals surface area contributed by atoms with Gasteiger partial charge in [0.15, 0.2) is 0 Å². The molecule has 0 unspecified atom stereocenters. The van der Waals surface area contributed by atoms with E-state index in [1.54, 1.807) is 12.1 Å². The predicted molar refractivity (Wildman–Crippen MR) is 93.9 cm³/mol. The summed E-state index contributed by atoms with van der Waals surface area (Å²) in [7, 11) is 0. The molecule has 25 heavy (non-hydrogen) atoms. The lowest BCUT2D eigenvalue weighted by atomic mass is 9.99. The van der Waals surface area contributed by atoms with Crippen LogP contribution in [0, 0.1) is 5.92 Å². The van der Waals surface area contributed by atoms with Crippen LogP contribution in [-0.2, 0) is 11.2 Å². The SMILES string of the molecule is CC1CCN(CCCNC(=O)CCc2ccc(OC(F)F)cc2)CC1. The number of benzene rings is 1. The summed E-state index contributed by atoms with van der Waals surface area (Å²) >= 11 is 0. The van der Waals surface area contributed by atoms with E-state index < -0.39 is 6.61 Å². The van der Waals surface area contributed by atoms with Crippen LogP contribution in [0.1, 0.15) is 38.2 Å². The number of amides is 1. The molecule has 1 aromatic carbocycles. The quantitative estimate of drug-likeness (QED) is 0.691. The van der Waals surface area contributed by atoms with Crippen LogP contribution in [0.25, 0.3) is 0 Å². The number of nitrogens with zero attached hydrogens (tertiary/aromatic N) is 1. The van der Waals surface area contributed by atoms with Crippen LogP contribution >= 0.6 is 0 Å². The molecule has 0 atom stereocenters. The Morgan fingerprint density at radius 1 is 1.28 bits per heavy atom. The van der Waals surface area contributed by atoms with Crippen molar-refractivity contribution >= 4 is 5.91 Å². The number of halogens is 2. The smallest absolute Gasteiger partial charge is 0.387 e. The summed E-state index contributed by atoms with van der Waals surface area (Å²) in [5, 5.41) is 2.95. The van der Waals surface area contributed by atoms with E-state index in [2.05, 4.69) is 21.9 Å². The van der Waals surface area contributed by atoms with Gasteiger partial charge in [-0.1, -0.05) is 19.1 Å². The fraction of sp³-hybridized carbons (Fsp3) is 0.632. The van der Waals surface area contributed by atoms with Gasteiger partial charge >= 0.3 is 6.61 Å². The summed E-state index contributed by atoms with van der Waals surface area (Å²) < 4.78 is 28.5. The molecular weight excluding hydrogens is 326 g/mol.